The molecule has 2 amide bonds. The van der Waals surface area contributed by atoms with Gasteiger partial charge in [0, 0.05) is 13.0 Å². The van der Waals surface area contributed by atoms with Gasteiger partial charge in [-0.3, -0.25) is 5.32 Å². The number of benzene rings is 1. The second-order valence-corrected chi connectivity index (χ2v) is 6.24. The summed E-state index contributed by atoms with van der Waals surface area (Å²) in [7, 11) is 0. The molecule has 1 aromatic heterocycles. The van der Waals surface area contributed by atoms with Crippen molar-refractivity contribution in [1.29, 1.82) is 0 Å². The first-order valence-electron chi connectivity index (χ1n) is 7.78. The number of nitrogens with one attached hydrogen (secondary N) is 2. The highest BCUT2D eigenvalue weighted by atomic mass is 32.1. The van der Waals surface area contributed by atoms with Crippen molar-refractivity contribution in [2.24, 2.45) is 0 Å². The molecule has 1 aromatic carbocycles. The molecule has 0 aliphatic carbocycles. The Morgan fingerprint density at radius 1 is 1.30 bits per heavy atom. The fourth-order valence-corrected chi connectivity index (χ4v) is 2.94. The summed E-state index contributed by atoms with van der Waals surface area (Å²) in [6.45, 7) is 2.12. The minimum absolute atomic E-state index is 0.000184. The second kappa shape index (κ2) is 9.22. The predicted molar refractivity (Wildman–Crippen MR) is 91.6 cm³/mol. The van der Waals surface area contributed by atoms with Gasteiger partial charge in [-0.25, -0.2) is 4.79 Å². The van der Waals surface area contributed by atoms with Gasteiger partial charge in [-0.15, -0.1) is 10.2 Å². The summed E-state index contributed by atoms with van der Waals surface area (Å²) in [6.07, 6.45) is 3.50. The smallest absolute Gasteiger partial charge is 0.321 e. The first-order valence-corrected chi connectivity index (χ1v) is 8.60. The summed E-state index contributed by atoms with van der Waals surface area (Å²) >= 11 is 1.39. The van der Waals surface area contributed by atoms with Crippen LogP contribution in [0.25, 0.3) is 0 Å². The lowest BCUT2D eigenvalue weighted by Crippen LogP contribution is -2.33. The van der Waals surface area contributed by atoms with E-state index in [4.69, 9.17) is 0 Å². The number of anilines is 1. The third-order valence-electron chi connectivity index (χ3n) is 3.36. The number of aliphatic hydroxyl groups is 1. The summed E-state index contributed by atoms with van der Waals surface area (Å²) in [5.41, 5.74) is 0.956. The van der Waals surface area contributed by atoms with Gasteiger partial charge in [-0.1, -0.05) is 55.0 Å². The highest BCUT2D eigenvalue weighted by Gasteiger charge is 2.15. The minimum Gasteiger partial charge on any atom is -0.396 e. The molecule has 0 spiro atoms. The molecule has 1 atom stereocenters. The maximum Gasteiger partial charge on any atom is 0.321 e. The van der Waals surface area contributed by atoms with Crippen molar-refractivity contribution in [3.8, 4) is 0 Å². The molecule has 0 saturated heterocycles. The molecule has 0 fully saturated rings. The molecule has 1 heterocycles. The van der Waals surface area contributed by atoms with Crippen LogP contribution in [0, 0.1) is 0 Å². The van der Waals surface area contributed by atoms with E-state index < -0.39 is 0 Å². The van der Waals surface area contributed by atoms with E-state index in [-0.39, 0.29) is 18.7 Å². The van der Waals surface area contributed by atoms with Crippen molar-refractivity contribution in [3.63, 3.8) is 0 Å². The lowest BCUT2D eigenvalue weighted by Gasteiger charge is -2.18. The predicted octanol–water partition coefficient (Wildman–Crippen LogP) is 3.13. The molecule has 0 aliphatic heterocycles. The average Bonchev–Trinajstić information content (AvgIpc) is 3.00. The first kappa shape index (κ1) is 17.4. The molecule has 0 radical (unpaired) electrons. The number of urea groups is 1. The Balaban J connectivity index is 1.92. The topological polar surface area (TPSA) is 87.1 Å². The summed E-state index contributed by atoms with van der Waals surface area (Å²) in [5, 5.41) is 24.2. The maximum atomic E-state index is 12.1. The van der Waals surface area contributed by atoms with Crippen LogP contribution in [0.3, 0.4) is 0 Å². The van der Waals surface area contributed by atoms with Crippen LogP contribution >= 0.6 is 11.3 Å². The maximum absolute atomic E-state index is 12.1. The molecule has 23 heavy (non-hydrogen) atoms. The van der Waals surface area contributed by atoms with Crippen molar-refractivity contribution < 1.29 is 9.90 Å². The number of aliphatic hydroxyl groups excluding tert-OH is 1. The molecule has 0 bridgehead atoms. The molecule has 7 heteroatoms. The third-order valence-corrected chi connectivity index (χ3v) is 4.26. The fourth-order valence-electron chi connectivity index (χ4n) is 2.16. The van der Waals surface area contributed by atoms with Gasteiger partial charge in [-0.2, -0.15) is 0 Å². The molecule has 0 saturated carbocycles. The number of aryl methyl sites for hydroxylation is 1. The number of unbranched alkanes of at least 4 members (excludes halogenated alkanes) is 1. The van der Waals surface area contributed by atoms with Crippen molar-refractivity contribution in [2.75, 3.05) is 11.9 Å². The third kappa shape index (κ3) is 5.61. The number of nitrogens with zero attached hydrogens (tertiary/aromatic N) is 2. The number of hydrogen-bond acceptors (Lipinski definition) is 5. The molecule has 2 aromatic rings. The number of amides is 2. The normalized spacial score (nSPS) is 11.9. The number of carbonyl (C=O) groups excluding carboxylic acids is 1. The Morgan fingerprint density at radius 3 is 2.78 bits per heavy atom. The van der Waals surface area contributed by atoms with E-state index >= 15 is 0 Å². The fraction of sp³-hybridized carbons (Fsp3) is 0.438. The van der Waals surface area contributed by atoms with Gasteiger partial charge in [0.25, 0.3) is 0 Å². The van der Waals surface area contributed by atoms with E-state index in [1.54, 1.807) is 0 Å². The lowest BCUT2D eigenvalue weighted by molar-refractivity contribution is 0.239. The Hall–Kier alpha value is -1.99. The van der Waals surface area contributed by atoms with Crippen LogP contribution in [0.5, 0.6) is 0 Å². The Labute approximate surface area is 140 Å². The van der Waals surface area contributed by atoms with Gasteiger partial charge in [-0.05, 0) is 18.4 Å². The number of carbonyl (C=O) groups is 1. The zero-order chi connectivity index (χ0) is 16.5. The van der Waals surface area contributed by atoms with E-state index in [9.17, 15) is 9.90 Å². The Kier molecular flexibility index (Phi) is 6.96. The van der Waals surface area contributed by atoms with Crippen LogP contribution in [-0.2, 0) is 6.42 Å². The zero-order valence-corrected chi connectivity index (χ0v) is 14.0. The minimum atomic E-state index is -0.342. The van der Waals surface area contributed by atoms with Crippen molar-refractivity contribution in [1.82, 2.24) is 15.5 Å². The molecule has 124 valence electrons. The van der Waals surface area contributed by atoms with E-state index in [1.165, 1.54) is 11.3 Å². The van der Waals surface area contributed by atoms with E-state index in [0.717, 1.165) is 29.8 Å². The van der Waals surface area contributed by atoms with E-state index in [2.05, 4.69) is 27.8 Å². The standard InChI is InChI=1S/C16H22N4O2S/c1-2-3-9-14-19-20-16(23-14)18-15(22)17-13(10-11-21)12-7-5-4-6-8-12/h4-8,13,21H,2-3,9-11H2,1H3,(H2,17,18,20,22)/t13-/m1/s1. The van der Waals surface area contributed by atoms with Crippen LogP contribution in [0.1, 0.15) is 42.8 Å². The van der Waals surface area contributed by atoms with Crippen LogP contribution < -0.4 is 10.6 Å². The highest BCUT2D eigenvalue weighted by molar-refractivity contribution is 7.15. The molecule has 0 aliphatic rings. The van der Waals surface area contributed by atoms with Crippen molar-refractivity contribution in [2.45, 2.75) is 38.6 Å². The van der Waals surface area contributed by atoms with Gasteiger partial charge in [0.15, 0.2) is 0 Å². The average molecular weight is 334 g/mol. The zero-order valence-electron chi connectivity index (χ0n) is 13.2. The van der Waals surface area contributed by atoms with Crippen LogP contribution in [0.2, 0.25) is 0 Å². The molecule has 0 unspecified atom stereocenters. The largest absolute Gasteiger partial charge is 0.396 e. The summed E-state index contributed by atoms with van der Waals surface area (Å²) in [4.78, 5) is 12.1. The molecule has 2 rings (SSSR count). The number of hydrogen-bond donors (Lipinski definition) is 3. The summed E-state index contributed by atoms with van der Waals surface area (Å²) in [5.74, 6) is 0. The van der Waals surface area contributed by atoms with Gasteiger partial charge < -0.3 is 10.4 Å². The first-order chi connectivity index (χ1) is 11.2. The molecular formula is C16H22N4O2S. The van der Waals surface area contributed by atoms with Gasteiger partial charge in [0.05, 0.1) is 6.04 Å². The second-order valence-electron chi connectivity index (χ2n) is 5.18. The van der Waals surface area contributed by atoms with E-state index in [0.29, 0.717) is 11.6 Å². The SMILES string of the molecule is CCCCc1nnc(NC(=O)N[C@H](CCO)c2ccccc2)s1. The number of rotatable bonds is 8. The van der Waals surface area contributed by atoms with Gasteiger partial charge in [0.1, 0.15) is 5.01 Å². The molecule has 3 N–H and O–H groups in total. The van der Waals surface area contributed by atoms with Crippen molar-refractivity contribution >= 4 is 22.5 Å². The monoisotopic (exact) mass is 334 g/mol. The molecular weight excluding hydrogens is 312 g/mol. The molecule has 6 nitrogen and oxygen atoms in total. The van der Waals surface area contributed by atoms with Crippen LogP contribution in [0.4, 0.5) is 9.93 Å². The Bertz CT molecular complexity index is 603. The number of aromatic nitrogens is 2. The summed E-state index contributed by atoms with van der Waals surface area (Å²) in [6, 6.07) is 8.99. The van der Waals surface area contributed by atoms with Crippen molar-refractivity contribution in [3.05, 3.63) is 40.9 Å². The lowest BCUT2D eigenvalue weighted by atomic mass is 10.0. The quantitative estimate of drug-likeness (QED) is 0.692. The van der Waals surface area contributed by atoms with Crippen LogP contribution in [-0.4, -0.2) is 27.9 Å². The summed E-state index contributed by atoms with van der Waals surface area (Å²) < 4.78 is 0. The van der Waals surface area contributed by atoms with E-state index in [1.807, 2.05) is 30.3 Å². The van der Waals surface area contributed by atoms with Gasteiger partial charge in [0.2, 0.25) is 5.13 Å². The van der Waals surface area contributed by atoms with Gasteiger partial charge >= 0.3 is 6.03 Å². The highest BCUT2D eigenvalue weighted by Crippen LogP contribution is 2.19. The van der Waals surface area contributed by atoms with Crippen LogP contribution in [0.15, 0.2) is 30.3 Å². The Morgan fingerprint density at radius 2 is 2.09 bits per heavy atom.